The average molecular weight is 366 g/mol. The first-order valence-corrected chi connectivity index (χ1v) is 10.0. The van der Waals surface area contributed by atoms with E-state index in [-0.39, 0.29) is 4.90 Å². The molecule has 2 aromatic rings. The lowest BCUT2D eigenvalue weighted by Gasteiger charge is -2.33. The van der Waals surface area contributed by atoms with E-state index >= 15 is 0 Å². The van der Waals surface area contributed by atoms with E-state index in [0.29, 0.717) is 19.6 Å². The van der Waals surface area contributed by atoms with Crippen LogP contribution in [0.2, 0.25) is 0 Å². The van der Waals surface area contributed by atoms with Crippen LogP contribution in [0.4, 0.5) is 0 Å². The van der Waals surface area contributed by atoms with Gasteiger partial charge < -0.3 is 0 Å². The van der Waals surface area contributed by atoms with Crippen LogP contribution in [0.1, 0.15) is 23.9 Å². The van der Waals surface area contributed by atoms with Crippen molar-refractivity contribution >= 4 is 10.0 Å². The molecular weight excluding hydrogens is 340 g/mol. The smallest absolute Gasteiger partial charge is 0.246 e. The molecule has 9 heteroatoms. The van der Waals surface area contributed by atoms with E-state index in [1.54, 1.807) is 15.2 Å². The minimum atomic E-state index is -3.45. The first-order valence-electron chi connectivity index (χ1n) is 8.57. The zero-order chi connectivity index (χ0) is 18.2. The van der Waals surface area contributed by atoms with Crippen LogP contribution in [0.3, 0.4) is 0 Å². The summed E-state index contributed by atoms with van der Waals surface area (Å²) in [6.45, 7) is 9.93. The number of hydrogen-bond acceptors (Lipinski definition) is 5. The molecule has 1 aliphatic heterocycles. The van der Waals surface area contributed by atoms with Crippen LogP contribution < -0.4 is 0 Å². The van der Waals surface area contributed by atoms with E-state index in [2.05, 4.69) is 22.0 Å². The Morgan fingerprint density at radius 2 is 1.84 bits per heavy atom. The Labute approximate surface area is 149 Å². The molecule has 2 aromatic heterocycles. The molecule has 3 rings (SSSR count). The number of nitrogens with zero attached hydrogens (tertiary/aromatic N) is 6. The van der Waals surface area contributed by atoms with E-state index < -0.39 is 10.0 Å². The summed E-state index contributed by atoms with van der Waals surface area (Å²) in [7, 11) is -1.50. The number of aromatic nitrogens is 4. The second-order valence-corrected chi connectivity index (χ2v) is 8.42. The van der Waals surface area contributed by atoms with Gasteiger partial charge in [-0.2, -0.15) is 14.5 Å². The number of aryl methyl sites for hydroxylation is 3. The van der Waals surface area contributed by atoms with Gasteiger partial charge >= 0.3 is 0 Å². The van der Waals surface area contributed by atoms with Crippen LogP contribution in [-0.4, -0.2) is 63.4 Å². The summed E-state index contributed by atoms with van der Waals surface area (Å²) in [5.74, 6) is 0. The van der Waals surface area contributed by atoms with Gasteiger partial charge in [-0.25, -0.2) is 8.42 Å². The predicted octanol–water partition coefficient (Wildman–Crippen LogP) is 0.760. The summed E-state index contributed by atoms with van der Waals surface area (Å²) in [6, 6.07) is 0. The molecule has 0 spiro atoms. The number of sulfonamides is 1. The molecule has 1 aliphatic rings. The Kier molecular flexibility index (Phi) is 4.99. The fraction of sp³-hybridized carbons (Fsp3) is 0.625. The molecule has 0 radical (unpaired) electrons. The fourth-order valence-corrected chi connectivity index (χ4v) is 4.58. The molecule has 0 unspecified atom stereocenters. The average Bonchev–Trinajstić information content (AvgIpc) is 3.17. The lowest BCUT2D eigenvalue weighted by molar-refractivity contribution is 0.181. The van der Waals surface area contributed by atoms with E-state index in [0.717, 1.165) is 25.3 Å². The number of piperazine rings is 1. The van der Waals surface area contributed by atoms with Crippen molar-refractivity contribution in [2.75, 3.05) is 26.2 Å². The summed E-state index contributed by atoms with van der Waals surface area (Å²) >= 11 is 0. The largest absolute Gasteiger partial charge is 0.296 e. The maximum absolute atomic E-state index is 12.7. The van der Waals surface area contributed by atoms with Gasteiger partial charge in [-0.15, -0.1) is 0 Å². The quantitative estimate of drug-likeness (QED) is 0.781. The van der Waals surface area contributed by atoms with Crippen LogP contribution in [0.15, 0.2) is 17.3 Å². The third kappa shape index (κ3) is 3.49. The van der Waals surface area contributed by atoms with Crippen molar-refractivity contribution in [3.63, 3.8) is 0 Å². The van der Waals surface area contributed by atoms with Gasteiger partial charge in [-0.1, -0.05) is 0 Å². The standard InChI is InChI=1S/C16H26N6O2S/c1-5-21-11-15(10-17-21)25(23,24)22-8-6-20(7-9-22)12-16-13(2)18-19(4)14(16)3/h10-11H,5-9,12H2,1-4H3. The Morgan fingerprint density at radius 3 is 2.36 bits per heavy atom. The Balaban J connectivity index is 1.65. The molecule has 0 aliphatic carbocycles. The van der Waals surface area contributed by atoms with E-state index in [1.807, 2.05) is 25.6 Å². The first-order chi connectivity index (χ1) is 11.8. The molecular formula is C16H26N6O2S. The number of hydrogen-bond donors (Lipinski definition) is 0. The van der Waals surface area contributed by atoms with Gasteiger partial charge in [0.05, 0.1) is 11.9 Å². The first kappa shape index (κ1) is 18.1. The Morgan fingerprint density at radius 1 is 1.16 bits per heavy atom. The van der Waals surface area contributed by atoms with Gasteiger partial charge in [0.15, 0.2) is 0 Å². The third-order valence-electron chi connectivity index (χ3n) is 4.94. The van der Waals surface area contributed by atoms with Gasteiger partial charge in [0, 0.05) is 63.8 Å². The summed E-state index contributed by atoms with van der Waals surface area (Å²) < 4.78 is 30.6. The molecule has 0 aromatic carbocycles. The fourth-order valence-electron chi connectivity index (χ4n) is 3.20. The highest BCUT2D eigenvalue weighted by Crippen LogP contribution is 2.20. The second-order valence-electron chi connectivity index (χ2n) is 6.48. The van der Waals surface area contributed by atoms with Crippen molar-refractivity contribution in [3.05, 3.63) is 29.3 Å². The van der Waals surface area contributed by atoms with Crippen molar-refractivity contribution in [2.45, 2.75) is 38.8 Å². The molecule has 0 amide bonds. The molecule has 3 heterocycles. The predicted molar refractivity (Wildman–Crippen MR) is 94.6 cm³/mol. The van der Waals surface area contributed by atoms with Crippen LogP contribution in [0.25, 0.3) is 0 Å². The van der Waals surface area contributed by atoms with E-state index in [9.17, 15) is 8.42 Å². The zero-order valence-electron chi connectivity index (χ0n) is 15.3. The summed E-state index contributed by atoms with van der Waals surface area (Å²) in [4.78, 5) is 2.57. The van der Waals surface area contributed by atoms with Gasteiger partial charge in [0.1, 0.15) is 4.90 Å². The maximum Gasteiger partial charge on any atom is 0.246 e. The van der Waals surface area contributed by atoms with Crippen LogP contribution in [-0.2, 0) is 30.2 Å². The molecule has 0 N–H and O–H groups in total. The maximum atomic E-state index is 12.7. The van der Waals surface area contributed by atoms with Gasteiger partial charge in [-0.3, -0.25) is 14.3 Å². The normalized spacial score (nSPS) is 17.3. The minimum absolute atomic E-state index is 0.279. The van der Waals surface area contributed by atoms with Gasteiger partial charge in [-0.05, 0) is 20.8 Å². The van der Waals surface area contributed by atoms with E-state index in [1.165, 1.54) is 17.5 Å². The summed E-state index contributed by atoms with van der Waals surface area (Å²) in [5.41, 5.74) is 3.45. The molecule has 138 valence electrons. The third-order valence-corrected chi connectivity index (χ3v) is 6.79. The second kappa shape index (κ2) is 6.89. The molecule has 1 saturated heterocycles. The Hall–Kier alpha value is -1.71. The topological polar surface area (TPSA) is 76.3 Å². The zero-order valence-corrected chi connectivity index (χ0v) is 16.1. The van der Waals surface area contributed by atoms with Crippen LogP contribution in [0.5, 0.6) is 0 Å². The van der Waals surface area contributed by atoms with E-state index in [4.69, 9.17) is 0 Å². The summed E-state index contributed by atoms with van der Waals surface area (Å²) in [5, 5.41) is 8.53. The van der Waals surface area contributed by atoms with Crippen molar-refractivity contribution in [1.82, 2.24) is 28.8 Å². The van der Waals surface area contributed by atoms with Crippen molar-refractivity contribution in [1.29, 1.82) is 0 Å². The lowest BCUT2D eigenvalue weighted by atomic mass is 10.1. The van der Waals surface area contributed by atoms with Gasteiger partial charge in [0.25, 0.3) is 0 Å². The van der Waals surface area contributed by atoms with Crippen LogP contribution >= 0.6 is 0 Å². The molecule has 0 bridgehead atoms. The molecule has 25 heavy (non-hydrogen) atoms. The van der Waals surface area contributed by atoms with Crippen molar-refractivity contribution < 1.29 is 8.42 Å². The summed E-state index contributed by atoms with van der Waals surface area (Å²) in [6.07, 6.45) is 3.04. The SMILES string of the molecule is CCn1cc(S(=O)(=O)N2CCN(Cc3c(C)nn(C)c3C)CC2)cn1. The number of rotatable bonds is 5. The minimum Gasteiger partial charge on any atom is -0.296 e. The molecule has 0 atom stereocenters. The Bertz CT molecular complexity index is 846. The van der Waals surface area contributed by atoms with Crippen molar-refractivity contribution in [3.8, 4) is 0 Å². The van der Waals surface area contributed by atoms with Crippen LogP contribution in [0, 0.1) is 13.8 Å². The molecule has 0 saturated carbocycles. The van der Waals surface area contributed by atoms with Crippen molar-refractivity contribution in [2.24, 2.45) is 7.05 Å². The highest BCUT2D eigenvalue weighted by Gasteiger charge is 2.30. The lowest BCUT2D eigenvalue weighted by Crippen LogP contribution is -2.48. The molecule has 8 nitrogen and oxygen atoms in total. The molecule has 1 fully saturated rings. The monoisotopic (exact) mass is 366 g/mol. The highest BCUT2D eigenvalue weighted by molar-refractivity contribution is 7.89. The van der Waals surface area contributed by atoms with Gasteiger partial charge in [0.2, 0.25) is 10.0 Å². The highest BCUT2D eigenvalue weighted by atomic mass is 32.2.